The zero-order valence-corrected chi connectivity index (χ0v) is 14.8. The van der Waals surface area contributed by atoms with Gasteiger partial charge < -0.3 is 9.64 Å². The SMILES string of the molecule is C=CCC1C(=O)N(Cc2ccc(OC)cc2)CC1COS(C)(=O)=O. The molecule has 0 N–H and O–H groups in total. The minimum absolute atomic E-state index is 0.00724. The molecule has 2 unspecified atom stereocenters. The molecule has 0 aliphatic carbocycles. The van der Waals surface area contributed by atoms with Crippen LogP contribution in [0.25, 0.3) is 0 Å². The van der Waals surface area contributed by atoms with Crippen LogP contribution in [0.4, 0.5) is 0 Å². The summed E-state index contributed by atoms with van der Waals surface area (Å²) in [5.41, 5.74) is 0.992. The van der Waals surface area contributed by atoms with Crippen molar-refractivity contribution in [1.29, 1.82) is 0 Å². The van der Waals surface area contributed by atoms with Crippen molar-refractivity contribution in [2.45, 2.75) is 13.0 Å². The maximum atomic E-state index is 12.6. The molecule has 0 bridgehead atoms. The molecule has 1 aromatic carbocycles. The number of benzene rings is 1. The smallest absolute Gasteiger partial charge is 0.264 e. The van der Waals surface area contributed by atoms with E-state index in [0.717, 1.165) is 17.6 Å². The third-order valence-corrected chi connectivity index (χ3v) is 4.67. The summed E-state index contributed by atoms with van der Waals surface area (Å²) in [7, 11) is -1.92. The van der Waals surface area contributed by atoms with Gasteiger partial charge in [-0.3, -0.25) is 8.98 Å². The Labute approximate surface area is 143 Å². The topological polar surface area (TPSA) is 72.9 Å². The van der Waals surface area contributed by atoms with Gasteiger partial charge in [-0.25, -0.2) is 0 Å². The molecule has 0 saturated carbocycles. The molecule has 0 spiro atoms. The van der Waals surface area contributed by atoms with Crippen LogP contribution in [0.2, 0.25) is 0 Å². The molecule has 1 amide bonds. The lowest BCUT2D eigenvalue weighted by Gasteiger charge is -2.17. The van der Waals surface area contributed by atoms with Gasteiger partial charge in [0.2, 0.25) is 5.91 Å². The van der Waals surface area contributed by atoms with Gasteiger partial charge in [0.25, 0.3) is 10.1 Å². The number of amides is 1. The van der Waals surface area contributed by atoms with E-state index in [9.17, 15) is 13.2 Å². The normalized spacial score (nSPS) is 21.1. The summed E-state index contributed by atoms with van der Waals surface area (Å²) >= 11 is 0. The molecule has 1 aliphatic heterocycles. The Morgan fingerprint density at radius 2 is 2.00 bits per heavy atom. The van der Waals surface area contributed by atoms with E-state index >= 15 is 0 Å². The highest BCUT2D eigenvalue weighted by Crippen LogP contribution is 2.30. The van der Waals surface area contributed by atoms with Gasteiger partial charge in [0.1, 0.15) is 5.75 Å². The van der Waals surface area contributed by atoms with E-state index in [1.807, 2.05) is 24.3 Å². The van der Waals surface area contributed by atoms with Gasteiger partial charge in [-0.15, -0.1) is 6.58 Å². The van der Waals surface area contributed by atoms with Gasteiger partial charge in [0.15, 0.2) is 0 Å². The Bertz CT molecular complexity index is 683. The number of carbonyl (C=O) groups excluding carboxylic acids is 1. The summed E-state index contributed by atoms with van der Waals surface area (Å²) < 4.78 is 32.5. The van der Waals surface area contributed by atoms with Gasteiger partial charge in [0.05, 0.1) is 20.0 Å². The number of nitrogens with zero attached hydrogens (tertiary/aromatic N) is 1. The number of likely N-dealkylation sites (tertiary alicyclic amines) is 1. The van der Waals surface area contributed by atoms with Crippen molar-refractivity contribution in [1.82, 2.24) is 4.90 Å². The predicted octanol–water partition coefficient (Wildman–Crippen LogP) is 1.82. The average molecular weight is 353 g/mol. The number of ether oxygens (including phenoxy) is 1. The van der Waals surface area contributed by atoms with Crippen LogP contribution in [0.15, 0.2) is 36.9 Å². The van der Waals surface area contributed by atoms with E-state index in [1.54, 1.807) is 18.1 Å². The Kier molecular flexibility index (Phi) is 6.01. The molecule has 1 aliphatic rings. The average Bonchev–Trinajstić information content (AvgIpc) is 2.82. The van der Waals surface area contributed by atoms with Crippen LogP contribution in [-0.2, 0) is 25.6 Å². The Morgan fingerprint density at radius 3 is 2.54 bits per heavy atom. The van der Waals surface area contributed by atoms with E-state index in [4.69, 9.17) is 8.92 Å². The number of carbonyl (C=O) groups is 1. The second kappa shape index (κ2) is 7.81. The summed E-state index contributed by atoms with van der Waals surface area (Å²) in [5, 5.41) is 0. The minimum Gasteiger partial charge on any atom is -0.497 e. The summed E-state index contributed by atoms with van der Waals surface area (Å²) in [5.74, 6) is 0.314. The summed E-state index contributed by atoms with van der Waals surface area (Å²) in [6, 6.07) is 7.52. The van der Waals surface area contributed by atoms with Crippen LogP contribution < -0.4 is 4.74 Å². The lowest BCUT2D eigenvalue weighted by atomic mass is 9.93. The second-order valence-electron chi connectivity index (χ2n) is 5.95. The van der Waals surface area contributed by atoms with Crippen molar-refractivity contribution in [2.24, 2.45) is 11.8 Å². The van der Waals surface area contributed by atoms with Crippen LogP contribution in [0.1, 0.15) is 12.0 Å². The third-order valence-electron chi connectivity index (χ3n) is 4.10. The number of rotatable bonds is 8. The van der Waals surface area contributed by atoms with Crippen LogP contribution in [0, 0.1) is 11.8 Å². The maximum Gasteiger partial charge on any atom is 0.264 e. The summed E-state index contributed by atoms with van der Waals surface area (Å²) in [6.07, 6.45) is 3.21. The third kappa shape index (κ3) is 4.82. The Hall–Kier alpha value is -1.86. The largest absolute Gasteiger partial charge is 0.497 e. The molecule has 2 rings (SSSR count). The van der Waals surface area contributed by atoms with Gasteiger partial charge in [-0.05, 0) is 24.1 Å². The highest BCUT2D eigenvalue weighted by Gasteiger charge is 2.39. The fourth-order valence-corrected chi connectivity index (χ4v) is 3.30. The first kappa shape index (κ1) is 18.5. The number of methoxy groups -OCH3 is 1. The van der Waals surface area contributed by atoms with Crippen molar-refractivity contribution in [3.8, 4) is 5.75 Å². The molecule has 0 radical (unpaired) electrons. The van der Waals surface area contributed by atoms with Gasteiger partial charge in [0, 0.05) is 24.9 Å². The van der Waals surface area contributed by atoms with Crippen LogP contribution in [0.5, 0.6) is 5.75 Å². The lowest BCUT2D eigenvalue weighted by molar-refractivity contribution is -0.131. The standard InChI is InChI=1S/C17H23NO5S/c1-4-5-16-14(12-23-24(3,20)21)11-18(17(16)19)10-13-6-8-15(22-2)9-7-13/h4,6-9,14,16H,1,5,10-12H2,2-3H3. The Balaban J connectivity index is 2.07. The van der Waals surface area contributed by atoms with Gasteiger partial charge >= 0.3 is 0 Å². The Morgan fingerprint density at radius 1 is 1.33 bits per heavy atom. The van der Waals surface area contributed by atoms with Gasteiger partial charge in [-0.1, -0.05) is 18.2 Å². The first-order valence-corrected chi connectivity index (χ1v) is 9.52. The van der Waals surface area contributed by atoms with E-state index in [0.29, 0.717) is 19.5 Å². The minimum atomic E-state index is -3.52. The molecule has 1 saturated heterocycles. The second-order valence-corrected chi connectivity index (χ2v) is 7.59. The first-order chi connectivity index (χ1) is 11.3. The van der Waals surface area contributed by atoms with E-state index in [1.165, 1.54) is 0 Å². The molecule has 132 valence electrons. The maximum absolute atomic E-state index is 12.6. The molecule has 1 heterocycles. The zero-order chi connectivity index (χ0) is 17.7. The molecular formula is C17H23NO5S. The fourth-order valence-electron chi connectivity index (χ4n) is 2.88. The van der Waals surface area contributed by atoms with Crippen molar-refractivity contribution < 1.29 is 22.1 Å². The monoisotopic (exact) mass is 353 g/mol. The molecule has 1 fully saturated rings. The van der Waals surface area contributed by atoms with E-state index in [-0.39, 0.29) is 24.3 Å². The molecule has 1 aromatic rings. The zero-order valence-electron chi connectivity index (χ0n) is 14.0. The van der Waals surface area contributed by atoms with E-state index < -0.39 is 10.1 Å². The highest BCUT2D eigenvalue weighted by atomic mass is 32.2. The molecule has 6 nitrogen and oxygen atoms in total. The highest BCUT2D eigenvalue weighted by molar-refractivity contribution is 7.85. The number of hydrogen-bond donors (Lipinski definition) is 0. The first-order valence-electron chi connectivity index (χ1n) is 7.71. The predicted molar refractivity (Wildman–Crippen MR) is 91.0 cm³/mol. The van der Waals surface area contributed by atoms with Crippen molar-refractivity contribution in [2.75, 3.05) is 26.5 Å². The molecule has 0 aromatic heterocycles. The molecule has 24 heavy (non-hydrogen) atoms. The molecule has 2 atom stereocenters. The molecular weight excluding hydrogens is 330 g/mol. The number of allylic oxidation sites excluding steroid dienone is 1. The van der Waals surface area contributed by atoms with Crippen LogP contribution in [0.3, 0.4) is 0 Å². The lowest BCUT2D eigenvalue weighted by Crippen LogP contribution is -2.26. The van der Waals surface area contributed by atoms with Crippen LogP contribution >= 0.6 is 0 Å². The quantitative estimate of drug-likeness (QED) is 0.526. The summed E-state index contributed by atoms with van der Waals surface area (Å²) in [6.45, 7) is 4.65. The number of hydrogen-bond acceptors (Lipinski definition) is 5. The van der Waals surface area contributed by atoms with Crippen molar-refractivity contribution >= 4 is 16.0 Å². The molecule has 7 heteroatoms. The van der Waals surface area contributed by atoms with Crippen LogP contribution in [-0.4, -0.2) is 45.7 Å². The van der Waals surface area contributed by atoms with E-state index in [2.05, 4.69) is 6.58 Å². The summed E-state index contributed by atoms with van der Waals surface area (Å²) in [4.78, 5) is 14.3. The van der Waals surface area contributed by atoms with Crippen molar-refractivity contribution in [3.63, 3.8) is 0 Å². The fraction of sp³-hybridized carbons (Fsp3) is 0.471. The van der Waals surface area contributed by atoms with Gasteiger partial charge in [-0.2, -0.15) is 8.42 Å². The van der Waals surface area contributed by atoms with Crippen molar-refractivity contribution in [3.05, 3.63) is 42.5 Å².